The molecule has 0 bridgehead atoms. The van der Waals surface area contributed by atoms with Gasteiger partial charge in [-0.15, -0.1) is 10.2 Å². The second kappa shape index (κ2) is 9.43. The molecular weight excluding hydrogens is 427 g/mol. The van der Waals surface area contributed by atoms with Gasteiger partial charge in [-0.3, -0.25) is 19.7 Å². The average Bonchev–Trinajstić information content (AvgIpc) is 3.43. The summed E-state index contributed by atoms with van der Waals surface area (Å²) in [7, 11) is 1.28. The number of benzene rings is 2. The van der Waals surface area contributed by atoms with Crippen LogP contribution in [-0.4, -0.2) is 43.3 Å². The summed E-state index contributed by atoms with van der Waals surface area (Å²) < 4.78 is 21.2. The van der Waals surface area contributed by atoms with E-state index in [4.69, 9.17) is 4.74 Å². The first-order valence-corrected chi connectivity index (χ1v) is 10.1. The zero-order valence-corrected chi connectivity index (χ0v) is 18.0. The van der Waals surface area contributed by atoms with Crippen molar-refractivity contribution in [3.8, 4) is 5.69 Å². The smallest absolute Gasteiger partial charge is 0.311 e. The van der Waals surface area contributed by atoms with Gasteiger partial charge in [-0.05, 0) is 48.9 Å². The summed E-state index contributed by atoms with van der Waals surface area (Å²) in [5.74, 6) is -0.922. The third kappa shape index (κ3) is 4.95. The molecule has 0 spiro atoms. The van der Waals surface area contributed by atoms with Crippen molar-refractivity contribution < 1.29 is 13.9 Å². The molecule has 0 aliphatic carbocycles. The van der Waals surface area contributed by atoms with E-state index in [1.165, 1.54) is 36.1 Å². The van der Waals surface area contributed by atoms with Crippen molar-refractivity contribution >= 4 is 17.4 Å². The molecular formula is C23H21FN6O3. The number of halogens is 1. The van der Waals surface area contributed by atoms with Gasteiger partial charge < -0.3 is 9.30 Å². The minimum absolute atomic E-state index is 0.139. The van der Waals surface area contributed by atoms with Gasteiger partial charge in [0.15, 0.2) is 0 Å². The monoisotopic (exact) mass is 448 g/mol. The van der Waals surface area contributed by atoms with Gasteiger partial charge in [-0.1, -0.05) is 12.1 Å². The number of hydrogen-bond acceptors (Lipinski definition) is 6. The van der Waals surface area contributed by atoms with Gasteiger partial charge in [0, 0.05) is 6.54 Å². The molecule has 2 aromatic carbocycles. The maximum absolute atomic E-state index is 13.3. The number of esters is 1. The van der Waals surface area contributed by atoms with Crippen molar-refractivity contribution in [1.82, 2.24) is 24.5 Å². The molecule has 2 aromatic heterocycles. The summed E-state index contributed by atoms with van der Waals surface area (Å²) in [6.07, 6.45) is 3.13. The Morgan fingerprint density at radius 3 is 2.39 bits per heavy atom. The minimum atomic E-state index is -0.505. The molecule has 4 aromatic rings. The van der Waals surface area contributed by atoms with E-state index in [1.54, 1.807) is 19.6 Å². The number of ether oxygens (including phenoxy) is 1. The average molecular weight is 448 g/mol. The first kappa shape index (κ1) is 21.9. The molecule has 0 aliphatic rings. The Labute approximate surface area is 188 Å². The first-order valence-electron chi connectivity index (χ1n) is 10.1. The van der Waals surface area contributed by atoms with Gasteiger partial charge >= 0.3 is 5.97 Å². The number of hydrogen-bond donors (Lipinski definition) is 1. The Hall–Kier alpha value is -4.34. The van der Waals surface area contributed by atoms with E-state index < -0.39 is 17.3 Å². The van der Waals surface area contributed by atoms with Gasteiger partial charge in [-0.2, -0.15) is 0 Å². The molecule has 1 N–H and O–H groups in total. The van der Waals surface area contributed by atoms with Crippen molar-refractivity contribution in [2.45, 2.75) is 19.9 Å². The van der Waals surface area contributed by atoms with Crippen LogP contribution in [0.15, 0.2) is 71.0 Å². The number of carbonyl (C=O) groups excluding carboxylic acids is 1. The summed E-state index contributed by atoms with van der Waals surface area (Å²) in [5.41, 5.74) is 2.79. The summed E-state index contributed by atoms with van der Waals surface area (Å²) in [4.78, 5) is 29.7. The van der Waals surface area contributed by atoms with Crippen molar-refractivity contribution in [2.24, 2.45) is 4.99 Å². The van der Waals surface area contributed by atoms with Gasteiger partial charge in [0.1, 0.15) is 18.5 Å². The Morgan fingerprint density at radius 2 is 1.76 bits per heavy atom. The predicted molar refractivity (Wildman–Crippen MR) is 120 cm³/mol. The quantitative estimate of drug-likeness (QED) is 0.346. The predicted octanol–water partition coefficient (Wildman–Crippen LogP) is 2.80. The second-order valence-electron chi connectivity index (χ2n) is 7.33. The molecule has 9 nitrogen and oxygen atoms in total. The lowest BCUT2D eigenvalue weighted by Gasteiger charge is -2.04. The van der Waals surface area contributed by atoms with E-state index in [0.29, 0.717) is 29.3 Å². The molecule has 0 fully saturated rings. The van der Waals surface area contributed by atoms with Crippen LogP contribution in [0.4, 0.5) is 10.1 Å². The molecule has 0 atom stereocenters. The fourth-order valence-corrected chi connectivity index (χ4v) is 3.41. The summed E-state index contributed by atoms with van der Waals surface area (Å²) in [6.45, 7) is 2.32. The summed E-state index contributed by atoms with van der Waals surface area (Å²) in [6, 6.07) is 13.0. The Morgan fingerprint density at radius 1 is 1.09 bits per heavy atom. The fraction of sp³-hybridized carbons (Fsp3) is 0.174. The molecule has 0 saturated heterocycles. The first-order chi connectivity index (χ1) is 15.9. The van der Waals surface area contributed by atoms with E-state index >= 15 is 0 Å². The van der Waals surface area contributed by atoms with Crippen LogP contribution in [0.1, 0.15) is 23.7 Å². The normalized spacial score (nSPS) is 11.5. The lowest BCUT2D eigenvalue weighted by atomic mass is 10.1. The summed E-state index contributed by atoms with van der Waals surface area (Å²) in [5, 5.41) is 10.5. The van der Waals surface area contributed by atoms with Crippen LogP contribution in [0.5, 0.6) is 0 Å². The molecule has 0 aliphatic heterocycles. The molecule has 10 heteroatoms. The van der Waals surface area contributed by atoms with Crippen molar-refractivity contribution in [2.75, 3.05) is 7.11 Å². The van der Waals surface area contributed by atoms with E-state index in [0.717, 1.165) is 5.56 Å². The third-order valence-corrected chi connectivity index (χ3v) is 5.03. The summed E-state index contributed by atoms with van der Waals surface area (Å²) >= 11 is 0. The topological polar surface area (TPSA) is 107 Å². The SMILES string of the molecule is COC(=O)Cc1[nH]n(-c2ccc(F)cc2)c(=O)c1C(C)=Nc1ccc(Cn2cnnc2)cc1. The number of aromatic amines is 1. The molecule has 0 saturated carbocycles. The van der Waals surface area contributed by atoms with E-state index in [9.17, 15) is 14.0 Å². The number of nitrogens with zero attached hydrogens (tertiary/aromatic N) is 5. The van der Waals surface area contributed by atoms with Crippen LogP contribution in [0, 0.1) is 5.82 Å². The van der Waals surface area contributed by atoms with Crippen molar-refractivity contribution in [3.05, 3.63) is 94.2 Å². The van der Waals surface area contributed by atoms with Gasteiger partial charge in [0.2, 0.25) is 0 Å². The highest BCUT2D eigenvalue weighted by molar-refractivity contribution is 6.01. The lowest BCUT2D eigenvalue weighted by molar-refractivity contribution is -0.139. The molecule has 0 unspecified atom stereocenters. The van der Waals surface area contributed by atoms with Crippen LogP contribution in [-0.2, 0) is 22.5 Å². The Balaban J connectivity index is 1.68. The molecule has 4 rings (SSSR count). The van der Waals surface area contributed by atoms with Crippen LogP contribution >= 0.6 is 0 Å². The van der Waals surface area contributed by atoms with E-state index in [1.807, 2.05) is 28.8 Å². The number of H-pyrrole nitrogens is 1. The number of methoxy groups -OCH3 is 1. The molecule has 2 heterocycles. The Bertz CT molecular complexity index is 1340. The number of carbonyl (C=O) groups is 1. The van der Waals surface area contributed by atoms with E-state index in [-0.39, 0.29) is 12.0 Å². The lowest BCUT2D eigenvalue weighted by Crippen LogP contribution is -2.20. The van der Waals surface area contributed by atoms with Gasteiger partial charge in [-0.25, -0.2) is 9.07 Å². The van der Waals surface area contributed by atoms with Crippen LogP contribution < -0.4 is 5.56 Å². The third-order valence-electron chi connectivity index (χ3n) is 5.03. The highest BCUT2D eigenvalue weighted by Crippen LogP contribution is 2.17. The van der Waals surface area contributed by atoms with Gasteiger partial charge in [0.05, 0.1) is 41.9 Å². The molecule has 168 valence electrons. The highest BCUT2D eigenvalue weighted by Gasteiger charge is 2.20. The zero-order chi connectivity index (χ0) is 23.4. The number of aromatic nitrogens is 5. The standard InChI is InChI=1S/C23H21FN6O3/c1-15(27-18-7-3-16(4-8-18)12-29-13-25-26-14-29)22-20(11-21(31)33-2)28-30(23(22)32)19-9-5-17(24)6-10-19/h3-10,13-14,28H,11-12H2,1-2H3. The molecule has 0 amide bonds. The minimum Gasteiger partial charge on any atom is -0.469 e. The number of nitrogens with one attached hydrogen (secondary N) is 1. The number of rotatable bonds is 7. The van der Waals surface area contributed by atoms with Gasteiger partial charge in [0.25, 0.3) is 5.56 Å². The fourth-order valence-electron chi connectivity index (χ4n) is 3.41. The number of aliphatic imine (C=N–C) groups is 1. The molecule has 0 radical (unpaired) electrons. The van der Waals surface area contributed by atoms with Crippen LogP contribution in [0.3, 0.4) is 0 Å². The van der Waals surface area contributed by atoms with Crippen molar-refractivity contribution in [1.29, 1.82) is 0 Å². The van der Waals surface area contributed by atoms with E-state index in [2.05, 4.69) is 20.3 Å². The molecule has 33 heavy (non-hydrogen) atoms. The highest BCUT2D eigenvalue weighted by atomic mass is 19.1. The maximum atomic E-state index is 13.3. The zero-order valence-electron chi connectivity index (χ0n) is 18.0. The maximum Gasteiger partial charge on any atom is 0.311 e. The second-order valence-corrected chi connectivity index (χ2v) is 7.33. The Kier molecular flexibility index (Phi) is 6.25. The van der Waals surface area contributed by atoms with Crippen LogP contribution in [0.25, 0.3) is 5.69 Å². The van der Waals surface area contributed by atoms with Crippen molar-refractivity contribution in [3.63, 3.8) is 0 Å². The van der Waals surface area contributed by atoms with Crippen LogP contribution in [0.2, 0.25) is 0 Å². The largest absolute Gasteiger partial charge is 0.469 e.